The van der Waals surface area contributed by atoms with Gasteiger partial charge in [-0.3, -0.25) is 0 Å². The van der Waals surface area contributed by atoms with E-state index in [1.807, 2.05) is 0 Å². The van der Waals surface area contributed by atoms with E-state index in [1.54, 1.807) is 0 Å². The van der Waals surface area contributed by atoms with Crippen LogP contribution in [0.5, 0.6) is 5.75 Å². The number of unbranched alkanes of at least 4 members (excludes halogenated alkanes) is 2. The average molecular weight is 336 g/mol. The summed E-state index contributed by atoms with van der Waals surface area (Å²) in [7, 11) is 0. The van der Waals surface area contributed by atoms with Gasteiger partial charge < -0.3 is 9.84 Å². The molecule has 1 N–H and O–H groups in total. The van der Waals surface area contributed by atoms with E-state index in [2.05, 4.69) is 54.6 Å². The van der Waals surface area contributed by atoms with Crippen LogP contribution in [-0.4, -0.2) is 18.3 Å². The lowest BCUT2D eigenvalue weighted by Gasteiger charge is -2.16. The highest BCUT2D eigenvalue weighted by molar-refractivity contribution is 5.82. The molecule has 2 heteroatoms. The van der Waals surface area contributed by atoms with Crippen molar-refractivity contribution in [3.63, 3.8) is 0 Å². The number of ether oxygens (including phenoxy) is 1. The molecule has 1 aliphatic carbocycles. The van der Waals surface area contributed by atoms with Crippen LogP contribution in [0.1, 0.15) is 55.2 Å². The van der Waals surface area contributed by atoms with E-state index in [-0.39, 0.29) is 6.61 Å². The maximum absolute atomic E-state index is 8.82. The van der Waals surface area contributed by atoms with Gasteiger partial charge >= 0.3 is 0 Å². The fraction of sp³-hybridized carbons (Fsp3) is 0.391. The minimum absolute atomic E-state index is 0.273. The first-order valence-corrected chi connectivity index (χ1v) is 9.49. The van der Waals surface area contributed by atoms with Gasteiger partial charge in [0.2, 0.25) is 0 Å². The van der Waals surface area contributed by atoms with Gasteiger partial charge in [-0.25, -0.2) is 0 Å². The van der Waals surface area contributed by atoms with Crippen molar-refractivity contribution in [2.45, 2.75) is 44.9 Å². The molecule has 0 amide bonds. The number of fused-ring (bicyclic) bond motifs is 1. The van der Waals surface area contributed by atoms with Crippen molar-refractivity contribution >= 4 is 11.6 Å². The molecule has 2 aromatic carbocycles. The third-order valence-electron chi connectivity index (χ3n) is 4.80. The molecule has 0 saturated heterocycles. The van der Waals surface area contributed by atoms with E-state index in [4.69, 9.17) is 9.84 Å². The predicted octanol–water partition coefficient (Wildman–Crippen LogP) is 5.50. The van der Waals surface area contributed by atoms with Crippen molar-refractivity contribution in [1.29, 1.82) is 0 Å². The largest absolute Gasteiger partial charge is 0.494 e. The van der Waals surface area contributed by atoms with Crippen LogP contribution in [0.15, 0.2) is 48.5 Å². The first-order chi connectivity index (χ1) is 12.4. The molecule has 0 atom stereocenters. The number of aliphatic hydroxyl groups is 1. The molecule has 2 nitrogen and oxygen atoms in total. The van der Waals surface area contributed by atoms with Crippen molar-refractivity contribution < 1.29 is 9.84 Å². The van der Waals surface area contributed by atoms with Crippen molar-refractivity contribution in [2.24, 2.45) is 0 Å². The van der Waals surface area contributed by atoms with Crippen LogP contribution in [0.3, 0.4) is 0 Å². The van der Waals surface area contributed by atoms with Crippen molar-refractivity contribution in [3.8, 4) is 5.75 Å². The molecule has 2 aromatic rings. The molecule has 1 aliphatic rings. The summed E-state index contributed by atoms with van der Waals surface area (Å²) in [6.45, 7) is 0.999. The van der Waals surface area contributed by atoms with E-state index in [0.717, 1.165) is 44.5 Å². The summed E-state index contributed by atoms with van der Waals surface area (Å²) in [6, 6.07) is 17.2. The van der Waals surface area contributed by atoms with Crippen LogP contribution in [0.4, 0.5) is 0 Å². The highest BCUT2D eigenvalue weighted by Crippen LogP contribution is 2.30. The number of aryl methyl sites for hydroxylation is 1. The zero-order chi connectivity index (χ0) is 17.3. The third-order valence-corrected chi connectivity index (χ3v) is 4.80. The SMILES string of the molecule is OCCCCCOc1ccc2c(c1)CCCC/C(c1ccccc1)=C\2. The summed E-state index contributed by atoms with van der Waals surface area (Å²) >= 11 is 0. The summed E-state index contributed by atoms with van der Waals surface area (Å²) < 4.78 is 5.90. The fourth-order valence-electron chi connectivity index (χ4n) is 3.38. The number of allylic oxidation sites excluding steroid dienone is 1. The Labute approximate surface area is 151 Å². The van der Waals surface area contributed by atoms with Crippen LogP contribution in [0.25, 0.3) is 11.6 Å². The molecule has 0 radical (unpaired) electrons. The topological polar surface area (TPSA) is 29.5 Å². The summed E-state index contributed by atoms with van der Waals surface area (Å²) in [4.78, 5) is 0. The Morgan fingerprint density at radius 3 is 2.56 bits per heavy atom. The molecule has 0 fully saturated rings. The van der Waals surface area contributed by atoms with Crippen LogP contribution in [0, 0.1) is 0 Å². The summed E-state index contributed by atoms with van der Waals surface area (Å²) in [5.41, 5.74) is 5.48. The Bertz CT molecular complexity index is 688. The number of hydrogen-bond acceptors (Lipinski definition) is 2. The second kappa shape index (κ2) is 9.43. The Morgan fingerprint density at radius 1 is 0.880 bits per heavy atom. The van der Waals surface area contributed by atoms with E-state index >= 15 is 0 Å². The van der Waals surface area contributed by atoms with E-state index in [1.165, 1.54) is 35.1 Å². The number of hydrogen-bond donors (Lipinski definition) is 1. The van der Waals surface area contributed by atoms with Gasteiger partial charge in [0.25, 0.3) is 0 Å². The van der Waals surface area contributed by atoms with Crippen molar-refractivity contribution in [1.82, 2.24) is 0 Å². The quantitative estimate of drug-likeness (QED) is 0.677. The highest BCUT2D eigenvalue weighted by Gasteiger charge is 2.10. The lowest BCUT2D eigenvalue weighted by molar-refractivity contribution is 0.266. The molecular formula is C23H28O2. The molecule has 0 aliphatic heterocycles. The van der Waals surface area contributed by atoms with Gasteiger partial charge in [-0.2, -0.15) is 0 Å². The number of rotatable bonds is 7. The molecule has 0 bridgehead atoms. The van der Waals surface area contributed by atoms with Gasteiger partial charge in [0.15, 0.2) is 0 Å². The molecule has 0 unspecified atom stereocenters. The third kappa shape index (κ3) is 5.20. The van der Waals surface area contributed by atoms with Crippen LogP contribution < -0.4 is 4.74 Å². The van der Waals surface area contributed by atoms with Crippen molar-refractivity contribution in [2.75, 3.05) is 13.2 Å². The molecule has 132 valence electrons. The molecule has 0 aromatic heterocycles. The minimum Gasteiger partial charge on any atom is -0.494 e. The van der Waals surface area contributed by atoms with Crippen LogP contribution >= 0.6 is 0 Å². The van der Waals surface area contributed by atoms with Gasteiger partial charge in [-0.1, -0.05) is 42.5 Å². The Balaban J connectivity index is 1.73. The Morgan fingerprint density at radius 2 is 1.72 bits per heavy atom. The monoisotopic (exact) mass is 336 g/mol. The summed E-state index contributed by atoms with van der Waals surface area (Å²) in [5, 5.41) is 8.82. The predicted molar refractivity (Wildman–Crippen MR) is 105 cm³/mol. The lowest BCUT2D eigenvalue weighted by atomic mass is 9.91. The van der Waals surface area contributed by atoms with Crippen LogP contribution in [-0.2, 0) is 6.42 Å². The molecule has 0 saturated carbocycles. The van der Waals surface area contributed by atoms with E-state index in [9.17, 15) is 0 Å². The van der Waals surface area contributed by atoms with E-state index in [0.29, 0.717) is 0 Å². The van der Waals surface area contributed by atoms with Gasteiger partial charge in [0, 0.05) is 6.61 Å². The fourth-order valence-corrected chi connectivity index (χ4v) is 3.38. The maximum atomic E-state index is 8.82. The summed E-state index contributed by atoms with van der Waals surface area (Å²) in [5.74, 6) is 0.970. The second-order valence-electron chi connectivity index (χ2n) is 6.74. The zero-order valence-electron chi connectivity index (χ0n) is 14.9. The number of aliphatic hydroxyl groups excluding tert-OH is 1. The van der Waals surface area contributed by atoms with E-state index < -0.39 is 0 Å². The second-order valence-corrected chi connectivity index (χ2v) is 6.74. The maximum Gasteiger partial charge on any atom is 0.119 e. The standard InChI is InChI=1S/C23H28O2/c24-15-7-2-8-16-25-23-14-13-22-17-20(19-9-3-1-4-10-19)11-5-6-12-21(22)18-23/h1,3-4,9-10,13-14,17-18,24H,2,5-8,11-12,15-16H2/b20-17+. The zero-order valence-corrected chi connectivity index (χ0v) is 14.9. The average Bonchev–Trinajstić information content (AvgIpc) is 2.63. The smallest absolute Gasteiger partial charge is 0.119 e. The molecular weight excluding hydrogens is 308 g/mol. The molecule has 25 heavy (non-hydrogen) atoms. The van der Waals surface area contributed by atoms with Crippen LogP contribution in [0.2, 0.25) is 0 Å². The Kier molecular flexibility index (Phi) is 6.70. The molecule has 3 rings (SSSR count). The lowest BCUT2D eigenvalue weighted by Crippen LogP contribution is -2.01. The Hall–Kier alpha value is -2.06. The van der Waals surface area contributed by atoms with Crippen molar-refractivity contribution in [3.05, 3.63) is 65.2 Å². The summed E-state index contributed by atoms with van der Waals surface area (Å²) in [6.07, 6.45) is 9.95. The van der Waals surface area contributed by atoms with Gasteiger partial charge in [0.1, 0.15) is 5.75 Å². The first-order valence-electron chi connectivity index (χ1n) is 9.49. The molecule has 0 heterocycles. The first kappa shape index (κ1) is 17.8. The number of benzene rings is 2. The van der Waals surface area contributed by atoms with Gasteiger partial charge in [-0.05, 0) is 79.3 Å². The van der Waals surface area contributed by atoms with Gasteiger partial charge in [0.05, 0.1) is 6.61 Å². The normalized spacial score (nSPS) is 16.3. The minimum atomic E-state index is 0.273. The highest BCUT2D eigenvalue weighted by atomic mass is 16.5. The van der Waals surface area contributed by atoms with Gasteiger partial charge in [-0.15, -0.1) is 0 Å². The molecule has 0 spiro atoms.